The summed E-state index contributed by atoms with van der Waals surface area (Å²) < 4.78 is 15.9. The number of nitrogens with one attached hydrogen (secondary N) is 1. The smallest absolute Gasteiger partial charge is 0.309 e. The molecule has 140 valence electrons. The number of hydrogen-bond acceptors (Lipinski definition) is 5. The third kappa shape index (κ3) is 4.56. The molecular formula is C20H25NO5. The molecule has 1 fully saturated rings. The highest BCUT2D eigenvalue weighted by atomic mass is 16.6. The van der Waals surface area contributed by atoms with Crippen LogP contribution in [0.2, 0.25) is 0 Å². The van der Waals surface area contributed by atoms with Gasteiger partial charge in [-0.3, -0.25) is 9.59 Å². The Morgan fingerprint density at radius 2 is 1.96 bits per heavy atom. The van der Waals surface area contributed by atoms with Crippen molar-refractivity contribution in [3.05, 3.63) is 29.8 Å². The number of esters is 1. The van der Waals surface area contributed by atoms with E-state index in [2.05, 4.69) is 5.32 Å². The third-order valence-corrected chi connectivity index (χ3v) is 4.94. The Balaban J connectivity index is 1.53. The zero-order chi connectivity index (χ0) is 18.4. The van der Waals surface area contributed by atoms with Gasteiger partial charge < -0.3 is 19.5 Å². The van der Waals surface area contributed by atoms with Crippen LogP contribution < -0.4 is 14.8 Å². The lowest BCUT2D eigenvalue weighted by atomic mass is 9.79. The van der Waals surface area contributed by atoms with Gasteiger partial charge in [0.1, 0.15) is 13.2 Å². The van der Waals surface area contributed by atoms with Crippen molar-refractivity contribution in [1.29, 1.82) is 0 Å². The normalized spacial score (nSPS) is 22.0. The van der Waals surface area contributed by atoms with Crippen LogP contribution in [0.5, 0.6) is 11.5 Å². The molecule has 3 rings (SSSR count). The summed E-state index contributed by atoms with van der Waals surface area (Å²) in [5.74, 6) is 1.11. The second kappa shape index (κ2) is 8.74. The zero-order valence-corrected chi connectivity index (χ0v) is 15.0. The van der Waals surface area contributed by atoms with E-state index in [-0.39, 0.29) is 23.7 Å². The van der Waals surface area contributed by atoms with Gasteiger partial charge in [-0.2, -0.15) is 0 Å². The molecule has 1 amide bonds. The van der Waals surface area contributed by atoms with Crippen LogP contribution in [-0.4, -0.2) is 38.7 Å². The minimum atomic E-state index is -0.172. The molecule has 2 unspecified atom stereocenters. The van der Waals surface area contributed by atoms with Gasteiger partial charge in [0.25, 0.3) is 0 Å². The van der Waals surface area contributed by atoms with Gasteiger partial charge in [0.2, 0.25) is 5.91 Å². The van der Waals surface area contributed by atoms with Gasteiger partial charge in [0, 0.05) is 12.6 Å². The molecule has 1 aliphatic carbocycles. The molecule has 0 spiro atoms. The number of methoxy groups -OCH3 is 1. The summed E-state index contributed by atoms with van der Waals surface area (Å²) in [5, 5.41) is 2.90. The SMILES string of the molecule is COC(=O)C1CCCCC1CNC(=O)/C=C\c1ccc2c(c1)OCCO2. The van der Waals surface area contributed by atoms with Crippen molar-refractivity contribution in [2.75, 3.05) is 26.9 Å². The van der Waals surface area contributed by atoms with Crippen molar-refractivity contribution in [2.24, 2.45) is 11.8 Å². The molecule has 0 bridgehead atoms. The fourth-order valence-electron chi connectivity index (χ4n) is 3.54. The van der Waals surface area contributed by atoms with Crippen molar-refractivity contribution in [1.82, 2.24) is 5.32 Å². The first-order valence-electron chi connectivity index (χ1n) is 9.11. The number of ether oxygens (including phenoxy) is 3. The van der Waals surface area contributed by atoms with E-state index in [1.807, 2.05) is 18.2 Å². The second-order valence-corrected chi connectivity index (χ2v) is 6.66. The van der Waals surface area contributed by atoms with Crippen molar-refractivity contribution < 1.29 is 23.8 Å². The Kier molecular flexibility index (Phi) is 6.15. The van der Waals surface area contributed by atoms with E-state index < -0.39 is 0 Å². The highest BCUT2D eigenvalue weighted by molar-refractivity contribution is 5.91. The maximum Gasteiger partial charge on any atom is 0.309 e. The van der Waals surface area contributed by atoms with E-state index in [0.717, 1.165) is 37.0 Å². The van der Waals surface area contributed by atoms with E-state index in [0.29, 0.717) is 25.5 Å². The summed E-state index contributed by atoms with van der Waals surface area (Å²) >= 11 is 0. The molecule has 26 heavy (non-hydrogen) atoms. The van der Waals surface area contributed by atoms with Gasteiger partial charge in [-0.05, 0) is 42.5 Å². The number of fused-ring (bicyclic) bond motifs is 1. The van der Waals surface area contributed by atoms with Crippen LogP contribution >= 0.6 is 0 Å². The Bertz CT molecular complexity index is 685. The monoisotopic (exact) mass is 359 g/mol. The lowest BCUT2D eigenvalue weighted by Gasteiger charge is -2.29. The van der Waals surface area contributed by atoms with Crippen molar-refractivity contribution >= 4 is 18.0 Å². The minimum Gasteiger partial charge on any atom is -0.486 e. The number of rotatable bonds is 5. The van der Waals surface area contributed by atoms with Crippen molar-refractivity contribution in [3.8, 4) is 11.5 Å². The highest BCUT2D eigenvalue weighted by Gasteiger charge is 2.31. The van der Waals surface area contributed by atoms with Crippen LogP contribution in [0, 0.1) is 11.8 Å². The van der Waals surface area contributed by atoms with Crippen LogP contribution in [-0.2, 0) is 14.3 Å². The largest absolute Gasteiger partial charge is 0.486 e. The lowest BCUT2D eigenvalue weighted by Crippen LogP contribution is -2.37. The van der Waals surface area contributed by atoms with Gasteiger partial charge in [0.15, 0.2) is 11.5 Å². The predicted molar refractivity (Wildman–Crippen MR) is 96.9 cm³/mol. The summed E-state index contributed by atoms with van der Waals surface area (Å²) in [6, 6.07) is 5.58. The van der Waals surface area contributed by atoms with Crippen molar-refractivity contribution in [2.45, 2.75) is 25.7 Å². The maximum atomic E-state index is 12.1. The van der Waals surface area contributed by atoms with Crippen LogP contribution in [0.1, 0.15) is 31.2 Å². The Morgan fingerprint density at radius 1 is 1.19 bits per heavy atom. The average Bonchev–Trinajstić information content (AvgIpc) is 2.70. The minimum absolute atomic E-state index is 0.115. The van der Waals surface area contributed by atoms with E-state index in [1.54, 1.807) is 6.08 Å². The molecule has 1 saturated carbocycles. The molecular weight excluding hydrogens is 334 g/mol. The molecule has 2 atom stereocenters. The van der Waals surface area contributed by atoms with Gasteiger partial charge >= 0.3 is 5.97 Å². The number of carbonyl (C=O) groups excluding carboxylic acids is 2. The number of carbonyl (C=O) groups is 2. The first-order chi connectivity index (χ1) is 12.7. The van der Waals surface area contributed by atoms with Gasteiger partial charge in [0.05, 0.1) is 13.0 Å². The topological polar surface area (TPSA) is 73.9 Å². The highest BCUT2D eigenvalue weighted by Crippen LogP contribution is 2.31. The first kappa shape index (κ1) is 18.3. The zero-order valence-electron chi connectivity index (χ0n) is 15.0. The molecule has 1 N–H and O–H groups in total. The summed E-state index contributed by atoms with van der Waals surface area (Å²) in [6.45, 7) is 1.58. The number of benzene rings is 1. The fraction of sp³-hybridized carbons (Fsp3) is 0.500. The summed E-state index contributed by atoms with van der Waals surface area (Å²) in [6.07, 6.45) is 7.13. The second-order valence-electron chi connectivity index (χ2n) is 6.66. The van der Waals surface area contributed by atoms with Gasteiger partial charge in [-0.15, -0.1) is 0 Å². The Morgan fingerprint density at radius 3 is 2.77 bits per heavy atom. The quantitative estimate of drug-likeness (QED) is 0.646. The molecule has 6 heteroatoms. The fourth-order valence-corrected chi connectivity index (χ4v) is 3.54. The van der Waals surface area contributed by atoms with Gasteiger partial charge in [-0.1, -0.05) is 18.9 Å². The molecule has 2 aliphatic rings. The third-order valence-electron chi connectivity index (χ3n) is 4.94. The molecule has 0 saturated heterocycles. The van der Waals surface area contributed by atoms with Gasteiger partial charge in [-0.25, -0.2) is 0 Å². The molecule has 6 nitrogen and oxygen atoms in total. The standard InChI is InChI=1S/C20H25NO5/c1-24-20(23)16-5-3-2-4-15(16)13-21-19(22)9-7-14-6-8-17-18(12-14)26-11-10-25-17/h6-9,12,15-16H,2-5,10-11,13H2,1H3,(H,21,22)/b9-7-. The first-order valence-corrected chi connectivity index (χ1v) is 9.11. The average molecular weight is 359 g/mol. The molecule has 1 aromatic rings. The van der Waals surface area contributed by atoms with Crippen molar-refractivity contribution in [3.63, 3.8) is 0 Å². The predicted octanol–water partition coefficient (Wildman–Crippen LogP) is 2.57. The number of amides is 1. The van der Waals surface area contributed by atoms with Crippen LogP contribution in [0.15, 0.2) is 24.3 Å². The molecule has 1 aromatic carbocycles. The Hall–Kier alpha value is -2.50. The summed E-state index contributed by atoms with van der Waals surface area (Å²) in [7, 11) is 1.42. The maximum absolute atomic E-state index is 12.1. The van der Waals surface area contributed by atoms with Crippen LogP contribution in [0.3, 0.4) is 0 Å². The molecule has 1 heterocycles. The van der Waals surface area contributed by atoms with E-state index >= 15 is 0 Å². The van der Waals surface area contributed by atoms with Crippen LogP contribution in [0.4, 0.5) is 0 Å². The molecule has 0 aromatic heterocycles. The van der Waals surface area contributed by atoms with E-state index in [9.17, 15) is 9.59 Å². The van der Waals surface area contributed by atoms with E-state index in [4.69, 9.17) is 14.2 Å². The molecule has 1 aliphatic heterocycles. The molecule has 0 radical (unpaired) electrons. The number of hydrogen-bond donors (Lipinski definition) is 1. The summed E-state index contributed by atoms with van der Waals surface area (Å²) in [5.41, 5.74) is 0.870. The van der Waals surface area contributed by atoms with Crippen LogP contribution in [0.25, 0.3) is 6.08 Å². The van der Waals surface area contributed by atoms with E-state index in [1.165, 1.54) is 13.2 Å². The Labute approximate surface area is 153 Å². The lowest BCUT2D eigenvalue weighted by molar-refractivity contribution is -0.148. The summed E-state index contributed by atoms with van der Waals surface area (Å²) in [4.78, 5) is 24.0.